The summed E-state index contributed by atoms with van der Waals surface area (Å²) in [4.78, 5) is 0. The Hall–Kier alpha value is -0.0800. The van der Waals surface area contributed by atoms with E-state index >= 15 is 0 Å². The molecule has 0 saturated heterocycles. The SMILES string of the molecule is CCCC1CCC(CN)(NCC(C)C)CC1. The maximum absolute atomic E-state index is 5.98. The highest BCUT2D eigenvalue weighted by Crippen LogP contribution is 2.33. The van der Waals surface area contributed by atoms with Gasteiger partial charge in [-0.05, 0) is 44.1 Å². The van der Waals surface area contributed by atoms with Gasteiger partial charge in [0, 0.05) is 12.1 Å². The molecule has 16 heavy (non-hydrogen) atoms. The van der Waals surface area contributed by atoms with Gasteiger partial charge in [-0.3, -0.25) is 0 Å². The topological polar surface area (TPSA) is 38.0 Å². The highest BCUT2D eigenvalue weighted by atomic mass is 15.0. The van der Waals surface area contributed by atoms with Crippen LogP contribution in [0.2, 0.25) is 0 Å². The molecular formula is C14H30N2. The molecule has 0 aromatic carbocycles. The van der Waals surface area contributed by atoms with Gasteiger partial charge in [-0.1, -0.05) is 33.6 Å². The summed E-state index contributed by atoms with van der Waals surface area (Å²) in [6.45, 7) is 8.73. The van der Waals surface area contributed by atoms with E-state index in [2.05, 4.69) is 26.1 Å². The van der Waals surface area contributed by atoms with E-state index < -0.39 is 0 Å². The lowest BCUT2D eigenvalue weighted by Gasteiger charge is -2.41. The Kier molecular flexibility index (Phi) is 5.77. The van der Waals surface area contributed by atoms with E-state index in [0.717, 1.165) is 24.9 Å². The van der Waals surface area contributed by atoms with Crippen molar-refractivity contribution in [2.75, 3.05) is 13.1 Å². The maximum atomic E-state index is 5.98. The van der Waals surface area contributed by atoms with Crippen molar-refractivity contribution in [2.45, 2.75) is 64.8 Å². The lowest BCUT2D eigenvalue weighted by Crippen LogP contribution is -2.54. The summed E-state index contributed by atoms with van der Waals surface area (Å²) >= 11 is 0. The Bertz CT molecular complexity index is 181. The summed E-state index contributed by atoms with van der Waals surface area (Å²) in [5.41, 5.74) is 6.24. The highest BCUT2D eigenvalue weighted by molar-refractivity contribution is 4.93. The molecule has 0 heterocycles. The third kappa shape index (κ3) is 4.06. The summed E-state index contributed by atoms with van der Waals surface area (Å²) in [5, 5.41) is 3.72. The Morgan fingerprint density at radius 3 is 2.38 bits per heavy atom. The predicted molar refractivity (Wildman–Crippen MR) is 71.5 cm³/mol. The van der Waals surface area contributed by atoms with E-state index in [0.29, 0.717) is 0 Å². The van der Waals surface area contributed by atoms with Crippen LogP contribution in [0, 0.1) is 11.8 Å². The van der Waals surface area contributed by atoms with E-state index in [4.69, 9.17) is 5.73 Å². The zero-order valence-corrected chi connectivity index (χ0v) is 11.4. The van der Waals surface area contributed by atoms with E-state index in [1.165, 1.54) is 38.5 Å². The average Bonchev–Trinajstić information content (AvgIpc) is 2.29. The van der Waals surface area contributed by atoms with E-state index in [1.807, 2.05) is 0 Å². The molecule has 2 heteroatoms. The molecule has 1 fully saturated rings. The molecule has 0 aromatic rings. The van der Waals surface area contributed by atoms with Gasteiger partial charge in [0.05, 0.1) is 0 Å². The first-order valence-electron chi connectivity index (χ1n) is 7.07. The zero-order valence-electron chi connectivity index (χ0n) is 11.4. The van der Waals surface area contributed by atoms with E-state index in [9.17, 15) is 0 Å². The number of hydrogen-bond donors (Lipinski definition) is 2. The van der Waals surface area contributed by atoms with E-state index in [1.54, 1.807) is 0 Å². The number of nitrogens with two attached hydrogens (primary N) is 1. The Morgan fingerprint density at radius 1 is 1.31 bits per heavy atom. The second-order valence-electron chi connectivity index (χ2n) is 5.99. The molecule has 0 atom stereocenters. The minimum atomic E-state index is 0.258. The summed E-state index contributed by atoms with van der Waals surface area (Å²) in [7, 11) is 0. The average molecular weight is 226 g/mol. The van der Waals surface area contributed by atoms with Gasteiger partial charge < -0.3 is 11.1 Å². The molecule has 1 rings (SSSR count). The summed E-state index contributed by atoms with van der Waals surface area (Å²) < 4.78 is 0. The van der Waals surface area contributed by atoms with Gasteiger partial charge in [0.2, 0.25) is 0 Å². The molecule has 2 nitrogen and oxygen atoms in total. The third-order valence-electron chi connectivity index (χ3n) is 4.04. The molecule has 0 unspecified atom stereocenters. The van der Waals surface area contributed by atoms with Gasteiger partial charge in [0.1, 0.15) is 0 Å². The molecule has 1 aliphatic rings. The van der Waals surface area contributed by atoms with Crippen molar-refractivity contribution in [1.82, 2.24) is 5.32 Å². The first-order chi connectivity index (χ1) is 7.62. The third-order valence-corrected chi connectivity index (χ3v) is 4.04. The molecule has 0 amide bonds. The zero-order chi connectivity index (χ0) is 12.0. The van der Waals surface area contributed by atoms with Gasteiger partial charge in [0.25, 0.3) is 0 Å². The summed E-state index contributed by atoms with van der Waals surface area (Å²) in [6.07, 6.45) is 8.04. The van der Waals surface area contributed by atoms with Gasteiger partial charge >= 0.3 is 0 Å². The standard InChI is InChI=1S/C14H30N2/c1-4-5-13-6-8-14(11-15,9-7-13)16-10-12(2)3/h12-13,16H,4-11,15H2,1-3H3. The molecule has 3 N–H and O–H groups in total. The minimum absolute atomic E-state index is 0.258. The molecule has 0 spiro atoms. The smallest absolute Gasteiger partial charge is 0.0304 e. The van der Waals surface area contributed by atoms with Crippen LogP contribution in [0.5, 0.6) is 0 Å². The van der Waals surface area contributed by atoms with Crippen LogP contribution >= 0.6 is 0 Å². The van der Waals surface area contributed by atoms with Gasteiger partial charge in [-0.2, -0.15) is 0 Å². The summed E-state index contributed by atoms with van der Waals surface area (Å²) in [6, 6.07) is 0. The fraction of sp³-hybridized carbons (Fsp3) is 1.00. The molecule has 0 radical (unpaired) electrons. The minimum Gasteiger partial charge on any atom is -0.329 e. The first-order valence-corrected chi connectivity index (χ1v) is 7.07. The Labute approximate surface area is 101 Å². The van der Waals surface area contributed by atoms with Crippen molar-refractivity contribution in [3.05, 3.63) is 0 Å². The summed E-state index contributed by atoms with van der Waals surface area (Å²) in [5.74, 6) is 1.68. The maximum Gasteiger partial charge on any atom is 0.0304 e. The van der Waals surface area contributed by atoms with Gasteiger partial charge in [-0.25, -0.2) is 0 Å². The fourth-order valence-corrected chi connectivity index (χ4v) is 2.80. The van der Waals surface area contributed by atoms with Crippen molar-refractivity contribution >= 4 is 0 Å². The molecule has 1 saturated carbocycles. The lowest BCUT2D eigenvalue weighted by molar-refractivity contribution is 0.182. The predicted octanol–water partition coefficient (Wildman–Crippen LogP) is 2.92. The van der Waals surface area contributed by atoms with Crippen LogP contribution in [0.4, 0.5) is 0 Å². The second kappa shape index (κ2) is 6.61. The van der Waals surface area contributed by atoms with Gasteiger partial charge in [0.15, 0.2) is 0 Å². The van der Waals surface area contributed by atoms with Crippen LogP contribution in [0.25, 0.3) is 0 Å². The fourth-order valence-electron chi connectivity index (χ4n) is 2.80. The Balaban J connectivity index is 2.38. The molecule has 1 aliphatic carbocycles. The largest absolute Gasteiger partial charge is 0.329 e. The van der Waals surface area contributed by atoms with Crippen LogP contribution in [0.15, 0.2) is 0 Å². The van der Waals surface area contributed by atoms with Crippen LogP contribution in [0.3, 0.4) is 0 Å². The van der Waals surface area contributed by atoms with Crippen LogP contribution < -0.4 is 11.1 Å². The van der Waals surface area contributed by atoms with Crippen molar-refractivity contribution < 1.29 is 0 Å². The lowest BCUT2D eigenvalue weighted by atomic mass is 9.75. The first kappa shape index (κ1) is 14.0. The highest BCUT2D eigenvalue weighted by Gasteiger charge is 2.33. The molecular weight excluding hydrogens is 196 g/mol. The van der Waals surface area contributed by atoms with Crippen molar-refractivity contribution in [1.29, 1.82) is 0 Å². The van der Waals surface area contributed by atoms with Crippen molar-refractivity contribution in [2.24, 2.45) is 17.6 Å². The molecule has 0 aliphatic heterocycles. The van der Waals surface area contributed by atoms with Crippen LogP contribution in [0.1, 0.15) is 59.3 Å². The monoisotopic (exact) mass is 226 g/mol. The van der Waals surface area contributed by atoms with Gasteiger partial charge in [-0.15, -0.1) is 0 Å². The van der Waals surface area contributed by atoms with Crippen LogP contribution in [-0.4, -0.2) is 18.6 Å². The van der Waals surface area contributed by atoms with Crippen molar-refractivity contribution in [3.8, 4) is 0 Å². The second-order valence-corrected chi connectivity index (χ2v) is 5.99. The molecule has 96 valence electrons. The van der Waals surface area contributed by atoms with Crippen LogP contribution in [-0.2, 0) is 0 Å². The number of rotatable bonds is 6. The number of nitrogens with one attached hydrogen (secondary N) is 1. The molecule has 0 aromatic heterocycles. The van der Waals surface area contributed by atoms with E-state index in [-0.39, 0.29) is 5.54 Å². The van der Waals surface area contributed by atoms with Crippen molar-refractivity contribution in [3.63, 3.8) is 0 Å². The normalized spacial score (nSPS) is 30.9. The number of hydrogen-bond acceptors (Lipinski definition) is 2. The Morgan fingerprint density at radius 2 is 1.94 bits per heavy atom. The molecule has 0 bridgehead atoms. The quantitative estimate of drug-likeness (QED) is 0.731.